The molecule has 0 spiro atoms. The minimum absolute atomic E-state index is 0.530. The van der Waals surface area contributed by atoms with Crippen LogP contribution in [0.25, 0.3) is 11.3 Å². The summed E-state index contributed by atoms with van der Waals surface area (Å²) in [6.45, 7) is 8.41. The zero-order valence-corrected chi connectivity index (χ0v) is 18.6. The summed E-state index contributed by atoms with van der Waals surface area (Å²) in [5.41, 5.74) is 6.07. The van der Waals surface area contributed by atoms with Crippen LogP contribution < -0.4 is 4.80 Å². The van der Waals surface area contributed by atoms with E-state index in [0.29, 0.717) is 5.92 Å². The van der Waals surface area contributed by atoms with E-state index in [0.717, 1.165) is 30.0 Å². The Kier molecular flexibility index (Phi) is 6.29. The summed E-state index contributed by atoms with van der Waals surface area (Å²) in [7, 11) is 0. The molecular formula is C25H28N4S. The minimum atomic E-state index is 0.530. The van der Waals surface area contributed by atoms with Crippen LogP contribution in [0.5, 0.6) is 0 Å². The number of aromatic nitrogens is 3. The van der Waals surface area contributed by atoms with Crippen LogP contribution in [0.4, 0.5) is 5.69 Å². The number of imidazole rings is 1. The van der Waals surface area contributed by atoms with Gasteiger partial charge < -0.3 is 9.13 Å². The van der Waals surface area contributed by atoms with Gasteiger partial charge in [0, 0.05) is 30.9 Å². The maximum absolute atomic E-state index is 4.98. The summed E-state index contributed by atoms with van der Waals surface area (Å²) < 4.78 is 4.47. The fraction of sp³-hybridized carbons (Fsp3) is 0.280. The van der Waals surface area contributed by atoms with Gasteiger partial charge in [-0.2, -0.15) is 0 Å². The van der Waals surface area contributed by atoms with Gasteiger partial charge >= 0.3 is 0 Å². The van der Waals surface area contributed by atoms with Crippen LogP contribution in [-0.4, -0.2) is 14.1 Å². The minimum Gasteiger partial charge on any atom is -0.337 e. The van der Waals surface area contributed by atoms with Gasteiger partial charge in [0.05, 0.1) is 17.7 Å². The molecule has 0 fully saturated rings. The van der Waals surface area contributed by atoms with Crippen LogP contribution in [0.3, 0.4) is 0 Å². The molecule has 0 aliphatic heterocycles. The lowest BCUT2D eigenvalue weighted by molar-refractivity contribution is 0.559. The lowest BCUT2D eigenvalue weighted by Crippen LogP contribution is -2.17. The lowest BCUT2D eigenvalue weighted by atomic mass is 10.0. The molecule has 0 atom stereocenters. The van der Waals surface area contributed by atoms with Crippen molar-refractivity contribution < 1.29 is 0 Å². The van der Waals surface area contributed by atoms with Gasteiger partial charge in [-0.15, -0.1) is 11.3 Å². The van der Waals surface area contributed by atoms with Gasteiger partial charge in [0.15, 0.2) is 4.80 Å². The highest BCUT2D eigenvalue weighted by molar-refractivity contribution is 7.07. The second-order valence-corrected chi connectivity index (χ2v) is 8.77. The standard InChI is InChI=1S/C25H28N4S/c1-19(2)21-9-11-23(12-10-21)27-25-29(15-4-14-28-16-13-26-18-28)24(17-30-25)22-7-5-20(3)6-8-22/h5-13,16-19H,4,14-15H2,1-3H3. The first-order valence-corrected chi connectivity index (χ1v) is 11.3. The molecule has 0 bridgehead atoms. The Morgan fingerprint density at radius 1 is 1.00 bits per heavy atom. The summed E-state index contributed by atoms with van der Waals surface area (Å²) in [6.07, 6.45) is 6.74. The maximum atomic E-state index is 4.98. The average molecular weight is 417 g/mol. The van der Waals surface area contributed by atoms with Crippen LogP contribution >= 0.6 is 11.3 Å². The van der Waals surface area contributed by atoms with Crippen molar-refractivity contribution in [2.24, 2.45) is 4.99 Å². The third-order valence-electron chi connectivity index (χ3n) is 5.29. The van der Waals surface area contributed by atoms with Gasteiger partial charge in [0.2, 0.25) is 0 Å². The second-order valence-electron chi connectivity index (χ2n) is 7.93. The molecule has 4 aromatic rings. The van der Waals surface area contributed by atoms with Crippen molar-refractivity contribution in [2.75, 3.05) is 0 Å². The van der Waals surface area contributed by atoms with E-state index < -0.39 is 0 Å². The van der Waals surface area contributed by atoms with Gasteiger partial charge in [-0.1, -0.05) is 55.8 Å². The molecule has 2 aromatic carbocycles. The molecule has 0 aliphatic carbocycles. The summed E-state index contributed by atoms with van der Waals surface area (Å²) >= 11 is 1.71. The van der Waals surface area contributed by atoms with Crippen molar-refractivity contribution in [3.05, 3.63) is 88.6 Å². The molecule has 2 heterocycles. The van der Waals surface area contributed by atoms with Crippen LogP contribution in [0.2, 0.25) is 0 Å². The summed E-state index contributed by atoms with van der Waals surface area (Å²) in [6, 6.07) is 17.3. The number of hydrogen-bond donors (Lipinski definition) is 0. The number of hydrogen-bond acceptors (Lipinski definition) is 3. The largest absolute Gasteiger partial charge is 0.337 e. The lowest BCUT2D eigenvalue weighted by Gasteiger charge is -2.10. The second kappa shape index (κ2) is 9.26. The Morgan fingerprint density at radius 2 is 1.77 bits per heavy atom. The van der Waals surface area contributed by atoms with E-state index >= 15 is 0 Å². The van der Waals surface area contributed by atoms with Gasteiger partial charge in [0.25, 0.3) is 0 Å². The molecule has 0 amide bonds. The maximum Gasteiger partial charge on any atom is 0.190 e. The number of thiazole rings is 1. The summed E-state index contributed by atoms with van der Waals surface area (Å²) in [4.78, 5) is 10.2. The Morgan fingerprint density at radius 3 is 2.43 bits per heavy atom. The molecule has 0 saturated heterocycles. The predicted octanol–water partition coefficient (Wildman–Crippen LogP) is 6.17. The smallest absolute Gasteiger partial charge is 0.190 e. The predicted molar refractivity (Wildman–Crippen MR) is 125 cm³/mol. The normalized spacial score (nSPS) is 12.1. The summed E-state index contributed by atoms with van der Waals surface area (Å²) in [5, 5.41) is 2.23. The molecule has 0 radical (unpaired) electrons. The average Bonchev–Trinajstić information content (AvgIpc) is 3.40. The van der Waals surface area contributed by atoms with Crippen molar-refractivity contribution in [1.29, 1.82) is 0 Å². The van der Waals surface area contributed by atoms with Crippen LogP contribution in [0.15, 0.2) is 77.6 Å². The van der Waals surface area contributed by atoms with Gasteiger partial charge in [-0.3, -0.25) is 0 Å². The Hall–Kier alpha value is -2.92. The first-order chi connectivity index (χ1) is 14.6. The molecule has 0 aliphatic rings. The highest BCUT2D eigenvalue weighted by Crippen LogP contribution is 2.23. The van der Waals surface area contributed by atoms with Crippen molar-refractivity contribution in [3.63, 3.8) is 0 Å². The molecule has 154 valence electrons. The molecule has 0 saturated carbocycles. The molecule has 5 heteroatoms. The van der Waals surface area contributed by atoms with E-state index in [1.807, 2.05) is 18.7 Å². The van der Waals surface area contributed by atoms with Crippen LogP contribution in [-0.2, 0) is 13.1 Å². The molecule has 30 heavy (non-hydrogen) atoms. The third-order valence-corrected chi connectivity index (χ3v) is 6.15. The van der Waals surface area contributed by atoms with Gasteiger partial charge in [0.1, 0.15) is 0 Å². The van der Waals surface area contributed by atoms with E-state index in [-0.39, 0.29) is 0 Å². The molecule has 4 rings (SSSR count). The first kappa shape index (κ1) is 20.4. The molecule has 2 aromatic heterocycles. The SMILES string of the molecule is Cc1ccc(-c2csc(=Nc3ccc(C(C)C)cc3)n2CCCn2ccnc2)cc1. The zero-order chi connectivity index (χ0) is 20.9. The van der Waals surface area contributed by atoms with Gasteiger partial charge in [-0.05, 0) is 42.5 Å². The van der Waals surface area contributed by atoms with E-state index in [9.17, 15) is 0 Å². The monoisotopic (exact) mass is 416 g/mol. The topological polar surface area (TPSA) is 35.1 Å². The fourth-order valence-electron chi connectivity index (χ4n) is 3.46. The van der Waals surface area contributed by atoms with Crippen LogP contribution in [0, 0.1) is 6.92 Å². The number of benzene rings is 2. The van der Waals surface area contributed by atoms with Crippen molar-refractivity contribution >= 4 is 17.0 Å². The molecule has 0 N–H and O–H groups in total. The Balaban J connectivity index is 1.67. The molecular weight excluding hydrogens is 388 g/mol. The Bertz CT molecular complexity index is 1130. The Labute approximate surface area is 182 Å². The first-order valence-electron chi connectivity index (χ1n) is 10.5. The van der Waals surface area contributed by atoms with E-state index in [4.69, 9.17) is 4.99 Å². The summed E-state index contributed by atoms with van der Waals surface area (Å²) in [5.74, 6) is 0.530. The molecule has 4 nitrogen and oxygen atoms in total. The highest BCUT2D eigenvalue weighted by atomic mass is 32.1. The number of aryl methyl sites for hydroxylation is 2. The molecule has 0 unspecified atom stereocenters. The zero-order valence-electron chi connectivity index (χ0n) is 17.8. The van der Waals surface area contributed by atoms with Gasteiger partial charge in [-0.25, -0.2) is 9.98 Å². The van der Waals surface area contributed by atoms with E-state index in [1.165, 1.54) is 22.4 Å². The van der Waals surface area contributed by atoms with E-state index in [1.54, 1.807) is 11.3 Å². The van der Waals surface area contributed by atoms with Crippen LogP contribution in [0.1, 0.15) is 37.3 Å². The highest BCUT2D eigenvalue weighted by Gasteiger charge is 2.09. The number of nitrogens with zero attached hydrogens (tertiary/aromatic N) is 4. The van der Waals surface area contributed by atoms with Crippen molar-refractivity contribution in [3.8, 4) is 11.3 Å². The van der Waals surface area contributed by atoms with Crippen molar-refractivity contribution in [1.82, 2.24) is 14.1 Å². The fourth-order valence-corrected chi connectivity index (χ4v) is 4.42. The quantitative estimate of drug-likeness (QED) is 0.355. The van der Waals surface area contributed by atoms with E-state index in [2.05, 4.69) is 88.8 Å². The van der Waals surface area contributed by atoms with Crippen molar-refractivity contribution in [2.45, 2.75) is 46.2 Å². The third kappa shape index (κ3) is 4.79. The number of rotatable bonds is 7.